The van der Waals surface area contributed by atoms with Gasteiger partial charge in [-0.25, -0.2) is 0 Å². The van der Waals surface area contributed by atoms with Crippen molar-refractivity contribution in [1.29, 1.82) is 0 Å². The van der Waals surface area contributed by atoms with Crippen LogP contribution in [0.15, 0.2) is 42.5 Å². The Morgan fingerprint density at radius 1 is 1.10 bits per heavy atom. The van der Waals surface area contributed by atoms with Crippen molar-refractivity contribution in [3.63, 3.8) is 0 Å². The van der Waals surface area contributed by atoms with Crippen LogP contribution in [-0.4, -0.2) is 43.5 Å². The first-order valence-electron chi connectivity index (χ1n) is 9.79. The molecular formula is C23H30N2O4. The Balaban J connectivity index is 1.94. The van der Waals surface area contributed by atoms with Crippen LogP contribution in [0.3, 0.4) is 0 Å². The largest absolute Gasteiger partial charge is 0.497 e. The number of nitrogens with one attached hydrogen (secondary N) is 1. The number of benzene rings is 2. The third-order valence-electron chi connectivity index (χ3n) is 4.58. The number of hydrogen-bond acceptors (Lipinski definition) is 4. The molecule has 6 nitrogen and oxygen atoms in total. The maximum Gasteiger partial charge on any atom is 0.260 e. The molecule has 0 radical (unpaired) electrons. The summed E-state index contributed by atoms with van der Waals surface area (Å²) in [6, 6.07) is 13.0. The van der Waals surface area contributed by atoms with Gasteiger partial charge >= 0.3 is 0 Å². The molecule has 6 heteroatoms. The van der Waals surface area contributed by atoms with E-state index < -0.39 is 0 Å². The van der Waals surface area contributed by atoms with Gasteiger partial charge in [-0.2, -0.15) is 0 Å². The van der Waals surface area contributed by atoms with E-state index in [1.807, 2.05) is 32.0 Å². The van der Waals surface area contributed by atoms with Gasteiger partial charge in [0.2, 0.25) is 5.91 Å². The Hall–Kier alpha value is -3.02. The summed E-state index contributed by atoms with van der Waals surface area (Å²) >= 11 is 0. The fourth-order valence-corrected chi connectivity index (χ4v) is 2.90. The van der Waals surface area contributed by atoms with Crippen LogP contribution in [0.2, 0.25) is 0 Å². The molecule has 2 rings (SSSR count). The van der Waals surface area contributed by atoms with Gasteiger partial charge in [0.1, 0.15) is 11.5 Å². The minimum absolute atomic E-state index is 0.0322. The van der Waals surface area contributed by atoms with E-state index in [2.05, 4.69) is 19.2 Å². The van der Waals surface area contributed by atoms with Crippen LogP contribution < -0.4 is 14.8 Å². The minimum atomic E-state index is -0.260. The summed E-state index contributed by atoms with van der Waals surface area (Å²) in [7, 11) is 1.58. The maximum absolute atomic E-state index is 12.6. The second-order valence-electron chi connectivity index (χ2n) is 7.17. The molecule has 0 saturated heterocycles. The van der Waals surface area contributed by atoms with Crippen molar-refractivity contribution in [3.8, 4) is 11.5 Å². The molecule has 2 amide bonds. The third-order valence-corrected chi connectivity index (χ3v) is 4.58. The second-order valence-corrected chi connectivity index (χ2v) is 7.17. The van der Waals surface area contributed by atoms with Gasteiger partial charge in [0, 0.05) is 12.2 Å². The van der Waals surface area contributed by atoms with E-state index in [9.17, 15) is 9.59 Å². The molecule has 0 spiro atoms. The highest BCUT2D eigenvalue weighted by Gasteiger charge is 2.17. The van der Waals surface area contributed by atoms with Crippen LogP contribution in [-0.2, 0) is 9.59 Å². The molecule has 1 N–H and O–H groups in total. The predicted molar refractivity (Wildman–Crippen MR) is 115 cm³/mol. The monoisotopic (exact) mass is 398 g/mol. The fraction of sp³-hybridized carbons (Fsp3) is 0.391. The van der Waals surface area contributed by atoms with Crippen molar-refractivity contribution in [2.75, 3.05) is 32.1 Å². The normalized spacial score (nSPS) is 10.6. The lowest BCUT2D eigenvalue weighted by Crippen LogP contribution is -2.40. The summed E-state index contributed by atoms with van der Waals surface area (Å²) in [5, 5.41) is 2.79. The number of hydrogen-bond donors (Lipinski definition) is 1. The highest BCUT2D eigenvalue weighted by atomic mass is 16.5. The first-order valence-corrected chi connectivity index (χ1v) is 9.79. The number of anilines is 1. The van der Waals surface area contributed by atoms with Gasteiger partial charge in [0.15, 0.2) is 6.61 Å². The van der Waals surface area contributed by atoms with Crippen molar-refractivity contribution < 1.29 is 19.1 Å². The number of ether oxygens (including phenoxy) is 2. The van der Waals surface area contributed by atoms with E-state index in [0.29, 0.717) is 29.6 Å². The Labute approximate surface area is 172 Å². The van der Waals surface area contributed by atoms with Gasteiger partial charge in [0.05, 0.1) is 13.7 Å². The zero-order valence-electron chi connectivity index (χ0n) is 17.8. The van der Waals surface area contributed by atoms with Gasteiger partial charge in [-0.1, -0.05) is 26.0 Å². The summed E-state index contributed by atoms with van der Waals surface area (Å²) in [5.74, 6) is 1.23. The predicted octanol–water partition coefficient (Wildman–Crippen LogP) is 3.99. The lowest BCUT2D eigenvalue weighted by molar-refractivity contribution is -0.136. The number of aryl methyl sites for hydroxylation is 1. The summed E-state index contributed by atoms with van der Waals surface area (Å²) in [6.45, 7) is 8.28. The zero-order valence-corrected chi connectivity index (χ0v) is 17.8. The molecule has 2 aromatic rings. The van der Waals surface area contributed by atoms with Crippen molar-refractivity contribution in [3.05, 3.63) is 53.6 Å². The lowest BCUT2D eigenvalue weighted by atomic mass is 10.0. The van der Waals surface area contributed by atoms with Crippen LogP contribution in [0.4, 0.5) is 5.69 Å². The summed E-state index contributed by atoms with van der Waals surface area (Å²) < 4.78 is 10.9. The Kier molecular flexibility index (Phi) is 8.07. The molecule has 29 heavy (non-hydrogen) atoms. The topological polar surface area (TPSA) is 67.9 Å². The molecule has 0 saturated carbocycles. The number of carbonyl (C=O) groups is 2. The van der Waals surface area contributed by atoms with Gasteiger partial charge in [-0.3, -0.25) is 9.59 Å². The van der Waals surface area contributed by atoms with E-state index in [1.54, 1.807) is 31.4 Å². The molecule has 0 aromatic heterocycles. The molecule has 0 heterocycles. The van der Waals surface area contributed by atoms with Crippen molar-refractivity contribution >= 4 is 17.5 Å². The molecular weight excluding hydrogens is 368 g/mol. The Morgan fingerprint density at radius 3 is 2.38 bits per heavy atom. The average molecular weight is 399 g/mol. The molecule has 0 aliphatic heterocycles. The Bertz CT molecular complexity index is 831. The van der Waals surface area contributed by atoms with Crippen LogP contribution in [0.1, 0.15) is 37.8 Å². The second kappa shape index (κ2) is 10.5. The number of carbonyl (C=O) groups excluding carboxylic acids is 2. The summed E-state index contributed by atoms with van der Waals surface area (Å²) in [6.07, 6.45) is 0. The number of rotatable bonds is 9. The van der Waals surface area contributed by atoms with Crippen LogP contribution >= 0.6 is 0 Å². The highest BCUT2D eigenvalue weighted by molar-refractivity contribution is 5.94. The van der Waals surface area contributed by atoms with E-state index in [4.69, 9.17) is 9.47 Å². The number of amides is 2. The fourth-order valence-electron chi connectivity index (χ4n) is 2.90. The molecule has 156 valence electrons. The Morgan fingerprint density at radius 2 is 1.79 bits per heavy atom. The SMILES string of the molecule is CCN(CC(=O)Nc1ccc(OC)cc1)C(=O)COc1cc(C)ccc1C(C)C. The van der Waals surface area contributed by atoms with Crippen LogP contribution in [0.5, 0.6) is 11.5 Å². The van der Waals surface area contributed by atoms with E-state index >= 15 is 0 Å². The number of nitrogens with zero attached hydrogens (tertiary/aromatic N) is 1. The summed E-state index contributed by atoms with van der Waals surface area (Å²) in [5.41, 5.74) is 2.78. The minimum Gasteiger partial charge on any atom is -0.497 e. The smallest absolute Gasteiger partial charge is 0.260 e. The molecule has 0 fully saturated rings. The molecule has 0 atom stereocenters. The van der Waals surface area contributed by atoms with Crippen molar-refractivity contribution in [1.82, 2.24) is 4.90 Å². The molecule has 0 aliphatic rings. The molecule has 0 bridgehead atoms. The molecule has 2 aromatic carbocycles. The van der Waals surface area contributed by atoms with E-state index in [-0.39, 0.29) is 25.0 Å². The van der Waals surface area contributed by atoms with E-state index in [1.165, 1.54) is 4.90 Å². The van der Waals surface area contributed by atoms with Gasteiger partial charge in [-0.15, -0.1) is 0 Å². The standard InChI is InChI=1S/C23H30N2O4/c1-6-25(14-22(26)24-18-8-10-19(28-5)11-9-18)23(27)15-29-21-13-17(4)7-12-20(21)16(2)3/h7-13,16H,6,14-15H2,1-5H3,(H,24,26). The van der Waals surface area contributed by atoms with Gasteiger partial charge < -0.3 is 19.7 Å². The average Bonchev–Trinajstić information content (AvgIpc) is 2.70. The third kappa shape index (κ3) is 6.52. The number of methoxy groups -OCH3 is 1. The van der Waals surface area contributed by atoms with Crippen LogP contribution in [0, 0.1) is 6.92 Å². The van der Waals surface area contributed by atoms with E-state index in [0.717, 1.165) is 11.1 Å². The lowest BCUT2D eigenvalue weighted by Gasteiger charge is -2.21. The zero-order chi connectivity index (χ0) is 21.4. The summed E-state index contributed by atoms with van der Waals surface area (Å²) in [4.78, 5) is 26.4. The first kappa shape index (κ1) is 22.3. The number of likely N-dealkylation sites (N-methyl/N-ethyl adjacent to an activating group) is 1. The highest BCUT2D eigenvalue weighted by Crippen LogP contribution is 2.27. The molecule has 0 unspecified atom stereocenters. The molecule has 0 aliphatic carbocycles. The van der Waals surface area contributed by atoms with Gasteiger partial charge in [-0.05, 0) is 61.2 Å². The van der Waals surface area contributed by atoms with Crippen molar-refractivity contribution in [2.45, 2.75) is 33.6 Å². The maximum atomic E-state index is 12.6. The van der Waals surface area contributed by atoms with Gasteiger partial charge in [0.25, 0.3) is 5.91 Å². The van der Waals surface area contributed by atoms with Crippen molar-refractivity contribution in [2.24, 2.45) is 0 Å². The van der Waals surface area contributed by atoms with Crippen LogP contribution in [0.25, 0.3) is 0 Å². The quantitative estimate of drug-likeness (QED) is 0.693. The first-order chi connectivity index (χ1) is 13.8.